The van der Waals surface area contributed by atoms with E-state index in [0.29, 0.717) is 18.0 Å². The van der Waals surface area contributed by atoms with Crippen LogP contribution in [-0.4, -0.2) is 49.0 Å². The van der Waals surface area contributed by atoms with Gasteiger partial charge in [-0.3, -0.25) is 19.8 Å². The van der Waals surface area contributed by atoms with Crippen molar-refractivity contribution in [3.05, 3.63) is 39.9 Å². The van der Waals surface area contributed by atoms with Crippen molar-refractivity contribution in [3.63, 3.8) is 0 Å². The van der Waals surface area contributed by atoms with Crippen LogP contribution < -0.4 is 0 Å². The van der Waals surface area contributed by atoms with Gasteiger partial charge in [0.2, 0.25) is 0 Å². The van der Waals surface area contributed by atoms with E-state index in [9.17, 15) is 14.9 Å². The second-order valence-electron chi connectivity index (χ2n) is 5.48. The number of carbonyl (C=O) groups is 1. The standard InChI is InChI=1S/C15H20N2O4/c1-16(10-12-6-8-21-9-7-12)11-15(18)13-2-4-14(5-3-13)17(19)20/h2-5,12H,6-11H2,1H3. The maximum atomic E-state index is 12.1. The molecule has 1 fully saturated rings. The number of likely N-dealkylation sites (N-methyl/N-ethyl adjacent to an activating group) is 1. The number of Topliss-reactive ketones (excluding diaryl/α,β-unsaturated/α-hetero) is 1. The lowest BCUT2D eigenvalue weighted by Crippen LogP contribution is -2.33. The van der Waals surface area contributed by atoms with Crippen molar-refractivity contribution in [2.45, 2.75) is 12.8 Å². The molecule has 0 unspecified atom stereocenters. The number of hydrogen-bond acceptors (Lipinski definition) is 5. The minimum Gasteiger partial charge on any atom is -0.381 e. The summed E-state index contributed by atoms with van der Waals surface area (Å²) in [4.78, 5) is 24.3. The zero-order valence-corrected chi connectivity index (χ0v) is 12.2. The Labute approximate surface area is 123 Å². The first kappa shape index (κ1) is 15.6. The van der Waals surface area contributed by atoms with Gasteiger partial charge in [-0.05, 0) is 37.9 Å². The minimum atomic E-state index is -0.467. The van der Waals surface area contributed by atoms with Crippen LogP contribution in [0.1, 0.15) is 23.2 Å². The predicted molar refractivity (Wildman–Crippen MR) is 78.5 cm³/mol. The second-order valence-corrected chi connectivity index (χ2v) is 5.48. The summed E-state index contributed by atoms with van der Waals surface area (Å²) in [6.45, 7) is 2.81. The number of nitrogens with zero attached hydrogens (tertiary/aromatic N) is 2. The van der Waals surface area contributed by atoms with E-state index in [-0.39, 0.29) is 11.5 Å². The summed E-state index contributed by atoms with van der Waals surface area (Å²) in [5, 5.41) is 10.6. The van der Waals surface area contributed by atoms with Gasteiger partial charge < -0.3 is 4.74 Å². The van der Waals surface area contributed by atoms with E-state index in [0.717, 1.165) is 32.6 Å². The lowest BCUT2D eigenvalue weighted by Gasteiger charge is -2.26. The summed E-state index contributed by atoms with van der Waals surface area (Å²) in [5.74, 6) is 0.563. The van der Waals surface area contributed by atoms with E-state index >= 15 is 0 Å². The largest absolute Gasteiger partial charge is 0.381 e. The Kier molecular flexibility index (Phi) is 5.41. The van der Waals surface area contributed by atoms with Crippen molar-refractivity contribution in [2.24, 2.45) is 5.92 Å². The summed E-state index contributed by atoms with van der Waals surface area (Å²) >= 11 is 0. The zero-order valence-electron chi connectivity index (χ0n) is 12.2. The second kappa shape index (κ2) is 7.28. The Bertz CT molecular complexity index is 495. The van der Waals surface area contributed by atoms with Crippen LogP contribution in [0.2, 0.25) is 0 Å². The topological polar surface area (TPSA) is 72.7 Å². The quantitative estimate of drug-likeness (QED) is 0.456. The van der Waals surface area contributed by atoms with Crippen LogP contribution >= 0.6 is 0 Å². The van der Waals surface area contributed by atoms with Crippen molar-refractivity contribution in [1.82, 2.24) is 4.90 Å². The number of rotatable bonds is 6. The highest BCUT2D eigenvalue weighted by molar-refractivity contribution is 5.97. The third-order valence-electron chi connectivity index (χ3n) is 3.72. The Morgan fingerprint density at radius 3 is 2.52 bits per heavy atom. The summed E-state index contributed by atoms with van der Waals surface area (Å²) in [7, 11) is 1.93. The van der Waals surface area contributed by atoms with E-state index in [2.05, 4.69) is 0 Å². The van der Waals surface area contributed by atoms with Gasteiger partial charge in [-0.2, -0.15) is 0 Å². The van der Waals surface area contributed by atoms with Crippen molar-refractivity contribution in [3.8, 4) is 0 Å². The Hall–Kier alpha value is -1.79. The molecule has 1 aliphatic rings. The number of nitro benzene ring substituents is 1. The molecular weight excluding hydrogens is 272 g/mol. The number of non-ortho nitro benzene ring substituents is 1. The Morgan fingerprint density at radius 1 is 1.33 bits per heavy atom. The number of carbonyl (C=O) groups excluding carboxylic acids is 1. The highest BCUT2D eigenvalue weighted by Crippen LogP contribution is 2.16. The van der Waals surface area contributed by atoms with E-state index in [1.807, 2.05) is 11.9 Å². The minimum absolute atomic E-state index is 0.00195. The molecule has 21 heavy (non-hydrogen) atoms. The molecule has 6 heteroatoms. The molecule has 0 spiro atoms. The van der Waals surface area contributed by atoms with Gasteiger partial charge in [-0.25, -0.2) is 0 Å². The third-order valence-corrected chi connectivity index (χ3v) is 3.72. The molecule has 1 aromatic carbocycles. The number of benzene rings is 1. The molecule has 1 heterocycles. The first-order valence-corrected chi connectivity index (χ1v) is 7.10. The van der Waals surface area contributed by atoms with Crippen LogP contribution in [0.4, 0.5) is 5.69 Å². The molecule has 0 atom stereocenters. The molecule has 0 radical (unpaired) electrons. The molecule has 6 nitrogen and oxygen atoms in total. The summed E-state index contributed by atoms with van der Waals surface area (Å²) in [6.07, 6.45) is 2.08. The maximum absolute atomic E-state index is 12.1. The highest BCUT2D eigenvalue weighted by atomic mass is 16.6. The maximum Gasteiger partial charge on any atom is 0.269 e. The van der Waals surface area contributed by atoms with Gasteiger partial charge in [0.05, 0.1) is 11.5 Å². The molecule has 0 saturated carbocycles. The third kappa shape index (κ3) is 4.61. The summed E-state index contributed by atoms with van der Waals surface area (Å²) < 4.78 is 5.32. The zero-order chi connectivity index (χ0) is 15.2. The van der Waals surface area contributed by atoms with Gasteiger partial charge in [0.25, 0.3) is 5.69 Å². The molecule has 0 N–H and O–H groups in total. The lowest BCUT2D eigenvalue weighted by atomic mass is 9.99. The van der Waals surface area contributed by atoms with E-state index < -0.39 is 4.92 Å². The molecule has 0 amide bonds. The van der Waals surface area contributed by atoms with Crippen molar-refractivity contribution >= 4 is 11.5 Å². The average Bonchev–Trinajstić information content (AvgIpc) is 2.48. The van der Waals surface area contributed by atoms with Crippen molar-refractivity contribution in [1.29, 1.82) is 0 Å². The van der Waals surface area contributed by atoms with Gasteiger partial charge in [0, 0.05) is 37.5 Å². The van der Waals surface area contributed by atoms with Crippen molar-refractivity contribution < 1.29 is 14.5 Å². The van der Waals surface area contributed by atoms with Gasteiger partial charge in [0.15, 0.2) is 5.78 Å². The summed E-state index contributed by atoms with van der Waals surface area (Å²) in [5.41, 5.74) is 0.515. The van der Waals surface area contributed by atoms with Gasteiger partial charge in [0.1, 0.15) is 0 Å². The molecule has 1 aromatic rings. The van der Waals surface area contributed by atoms with Gasteiger partial charge in [-0.1, -0.05) is 0 Å². The van der Waals surface area contributed by atoms with Crippen LogP contribution in [0, 0.1) is 16.0 Å². The fourth-order valence-corrected chi connectivity index (χ4v) is 2.54. The van der Waals surface area contributed by atoms with E-state index in [1.54, 1.807) is 0 Å². The molecule has 0 aromatic heterocycles. The van der Waals surface area contributed by atoms with Crippen LogP contribution in [0.3, 0.4) is 0 Å². The molecule has 0 aliphatic carbocycles. The highest BCUT2D eigenvalue weighted by Gasteiger charge is 2.18. The first-order chi connectivity index (χ1) is 10.1. The molecule has 1 aliphatic heterocycles. The smallest absolute Gasteiger partial charge is 0.269 e. The number of ether oxygens (including phenoxy) is 1. The van der Waals surface area contributed by atoms with Crippen LogP contribution in [0.25, 0.3) is 0 Å². The van der Waals surface area contributed by atoms with Gasteiger partial charge >= 0.3 is 0 Å². The summed E-state index contributed by atoms with van der Waals surface area (Å²) in [6, 6.07) is 5.77. The first-order valence-electron chi connectivity index (χ1n) is 7.10. The molecule has 0 bridgehead atoms. The fourth-order valence-electron chi connectivity index (χ4n) is 2.54. The van der Waals surface area contributed by atoms with E-state index in [4.69, 9.17) is 4.74 Å². The predicted octanol–water partition coefficient (Wildman–Crippen LogP) is 2.14. The van der Waals surface area contributed by atoms with Crippen LogP contribution in [0.15, 0.2) is 24.3 Å². The monoisotopic (exact) mass is 292 g/mol. The average molecular weight is 292 g/mol. The number of ketones is 1. The van der Waals surface area contributed by atoms with E-state index in [1.165, 1.54) is 24.3 Å². The normalized spacial score (nSPS) is 16.1. The van der Waals surface area contributed by atoms with Crippen LogP contribution in [-0.2, 0) is 4.74 Å². The molecular formula is C15H20N2O4. The number of nitro groups is 1. The fraction of sp³-hybridized carbons (Fsp3) is 0.533. The molecule has 2 rings (SSSR count). The SMILES string of the molecule is CN(CC(=O)c1ccc([N+](=O)[O-])cc1)CC1CCOCC1. The van der Waals surface area contributed by atoms with Crippen LogP contribution in [0.5, 0.6) is 0 Å². The lowest BCUT2D eigenvalue weighted by molar-refractivity contribution is -0.384. The Balaban J connectivity index is 1.86. The molecule has 1 saturated heterocycles. The number of hydrogen-bond donors (Lipinski definition) is 0. The molecule has 114 valence electrons. The van der Waals surface area contributed by atoms with Crippen molar-refractivity contribution in [2.75, 3.05) is 33.4 Å². The Morgan fingerprint density at radius 2 is 1.95 bits per heavy atom. The van der Waals surface area contributed by atoms with Gasteiger partial charge in [-0.15, -0.1) is 0 Å².